The summed E-state index contributed by atoms with van der Waals surface area (Å²) in [6, 6.07) is 3.97. The number of ether oxygens (including phenoxy) is 1. The Kier molecular flexibility index (Phi) is 5.13. The molecule has 1 atom stereocenters. The van der Waals surface area contributed by atoms with E-state index in [1.807, 2.05) is 13.8 Å². The third-order valence-electron chi connectivity index (χ3n) is 4.48. The smallest absolute Gasteiger partial charge is 0.339 e. The maximum atomic E-state index is 12.6. The summed E-state index contributed by atoms with van der Waals surface area (Å²) in [6.45, 7) is 6.99. The Morgan fingerprint density at radius 3 is 2.61 bits per heavy atom. The van der Waals surface area contributed by atoms with Gasteiger partial charge in [0.1, 0.15) is 4.83 Å². The second kappa shape index (κ2) is 7.12. The largest absolute Gasteiger partial charge is 0.451 e. The molecule has 8 nitrogen and oxygen atoms in total. The number of aromatic amines is 1. The van der Waals surface area contributed by atoms with Gasteiger partial charge in [-0.15, -0.1) is 11.3 Å². The quantitative estimate of drug-likeness (QED) is 0.622. The Bertz CT molecular complexity index is 1260. The molecule has 2 aromatic heterocycles. The molecule has 148 valence electrons. The zero-order chi connectivity index (χ0) is 20.8. The van der Waals surface area contributed by atoms with Crippen molar-refractivity contribution in [3.8, 4) is 0 Å². The number of thiophene rings is 1. The minimum absolute atomic E-state index is 0.0737. The topological polar surface area (TPSA) is 132 Å². The van der Waals surface area contributed by atoms with E-state index in [-0.39, 0.29) is 21.8 Å². The SMILES string of the molecule is Cc1ccc(S(N)(=O)=O)cc1C(=O)OC(C)c1nc2sc(C)c(C)c2c(=O)[nH]1. The lowest BCUT2D eigenvalue weighted by Gasteiger charge is -2.14. The fraction of sp³-hybridized carbons (Fsp3) is 0.278. The molecule has 28 heavy (non-hydrogen) atoms. The van der Waals surface area contributed by atoms with Crippen molar-refractivity contribution in [1.29, 1.82) is 0 Å². The molecule has 0 spiro atoms. The molecule has 0 radical (unpaired) electrons. The van der Waals surface area contributed by atoms with Gasteiger partial charge in [0.05, 0.1) is 15.8 Å². The second-order valence-corrected chi connectivity index (χ2v) is 9.25. The highest BCUT2D eigenvalue weighted by Crippen LogP contribution is 2.27. The molecule has 0 fully saturated rings. The standard InChI is InChI=1S/C18H19N3O5S2/c1-8-5-6-12(28(19,24)25)7-13(8)18(23)26-10(3)15-20-16(22)14-9(2)11(4)27-17(14)21-15/h5-7,10H,1-4H3,(H2,19,24,25)(H,20,21,22). The van der Waals surface area contributed by atoms with Crippen molar-refractivity contribution in [2.45, 2.75) is 38.7 Å². The lowest BCUT2D eigenvalue weighted by atomic mass is 10.1. The van der Waals surface area contributed by atoms with Crippen molar-refractivity contribution >= 4 is 37.5 Å². The zero-order valence-electron chi connectivity index (χ0n) is 15.7. The molecule has 1 aromatic carbocycles. The molecular weight excluding hydrogens is 402 g/mol. The number of aromatic nitrogens is 2. The van der Waals surface area contributed by atoms with E-state index in [1.54, 1.807) is 13.8 Å². The van der Waals surface area contributed by atoms with E-state index in [2.05, 4.69) is 9.97 Å². The molecule has 0 bridgehead atoms. The zero-order valence-corrected chi connectivity index (χ0v) is 17.3. The van der Waals surface area contributed by atoms with Gasteiger partial charge in [-0.2, -0.15) is 0 Å². The fourth-order valence-electron chi connectivity index (χ4n) is 2.74. The van der Waals surface area contributed by atoms with Gasteiger partial charge in [0.15, 0.2) is 11.9 Å². The van der Waals surface area contributed by atoms with Gasteiger partial charge in [-0.05, 0) is 51.0 Å². The van der Waals surface area contributed by atoms with Crippen molar-refractivity contribution in [2.75, 3.05) is 0 Å². The van der Waals surface area contributed by atoms with Crippen LogP contribution >= 0.6 is 11.3 Å². The van der Waals surface area contributed by atoms with Crippen molar-refractivity contribution in [3.63, 3.8) is 0 Å². The van der Waals surface area contributed by atoms with E-state index in [0.717, 1.165) is 10.4 Å². The molecular formula is C18H19N3O5S2. The van der Waals surface area contributed by atoms with E-state index in [1.165, 1.54) is 29.5 Å². The van der Waals surface area contributed by atoms with Crippen LogP contribution in [0.1, 0.15) is 45.2 Å². The van der Waals surface area contributed by atoms with Crippen molar-refractivity contribution in [1.82, 2.24) is 9.97 Å². The molecule has 2 heterocycles. The highest BCUT2D eigenvalue weighted by molar-refractivity contribution is 7.89. The number of hydrogen-bond acceptors (Lipinski definition) is 7. The van der Waals surface area contributed by atoms with Gasteiger partial charge in [-0.3, -0.25) is 4.79 Å². The minimum atomic E-state index is -3.95. The van der Waals surface area contributed by atoms with E-state index in [0.29, 0.717) is 15.8 Å². The maximum Gasteiger partial charge on any atom is 0.339 e. The van der Waals surface area contributed by atoms with Crippen LogP contribution in [0.25, 0.3) is 10.2 Å². The normalized spacial score (nSPS) is 12.9. The van der Waals surface area contributed by atoms with Crippen LogP contribution in [0.2, 0.25) is 0 Å². The monoisotopic (exact) mass is 421 g/mol. The average Bonchev–Trinajstić information content (AvgIpc) is 2.88. The van der Waals surface area contributed by atoms with Crippen LogP contribution in [-0.4, -0.2) is 24.4 Å². The van der Waals surface area contributed by atoms with Gasteiger partial charge >= 0.3 is 5.97 Å². The Balaban J connectivity index is 1.93. The third-order valence-corrected chi connectivity index (χ3v) is 6.50. The number of nitrogens with two attached hydrogens (primary N) is 1. The summed E-state index contributed by atoms with van der Waals surface area (Å²) in [5.74, 6) is -0.524. The molecule has 0 amide bonds. The van der Waals surface area contributed by atoms with E-state index >= 15 is 0 Å². The van der Waals surface area contributed by atoms with E-state index < -0.39 is 22.1 Å². The molecule has 1 unspecified atom stereocenters. The first-order valence-corrected chi connectivity index (χ1v) is 10.7. The number of sulfonamides is 1. The fourth-order valence-corrected chi connectivity index (χ4v) is 4.32. The molecule has 0 aliphatic heterocycles. The van der Waals surface area contributed by atoms with E-state index in [4.69, 9.17) is 9.88 Å². The summed E-state index contributed by atoms with van der Waals surface area (Å²) in [5, 5.41) is 5.65. The van der Waals surface area contributed by atoms with E-state index in [9.17, 15) is 18.0 Å². The molecule has 3 rings (SSSR count). The first-order valence-electron chi connectivity index (χ1n) is 8.33. The lowest BCUT2D eigenvalue weighted by Crippen LogP contribution is -2.18. The number of hydrogen-bond donors (Lipinski definition) is 2. The number of benzene rings is 1. The molecule has 0 saturated carbocycles. The van der Waals surface area contributed by atoms with Gasteiger partial charge < -0.3 is 9.72 Å². The van der Waals surface area contributed by atoms with Crippen LogP contribution in [0.15, 0.2) is 27.9 Å². The summed E-state index contributed by atoms with van der Waals surface area (Å²) >= 11 is 1.39. The Morgan fingerprint density at radius 1 is 1.29 bits per heavy atom. The predicted molar refractivity (Wildman–Crippen MR) is 106 cm³/mol. The Morgan fingerprint density at radius 2 is 1.96 bits per heavy atom. The van der Waals surface area contributed by atoms with Gasteiger partial charge in [-0.25, -0.2) is 23.3 Å². The first kappa shape index (κ1) is 20.2. The number of fused-ring (bicyclic) bond motifs is 1. The summed E-state index contributed by atoms with van der Waals surface area (Å²) in [7, 11) is -3.95. The van der Waals surface area contributed by atoms with Crippen molar-refractivity contribution < 1.29 is 17.9 Å². The van der Waals surface area contributed by atoms with Crippen LogP contribution < -0.4 is 10.7 Å². The Hall–Kier alpha value is -2.56. The molecule has 10 heteroatoms. The molecule has 0 aliphatic carbocycles. The highest BCUT2D eigenvalue weighted by atomic mass is 32.2. The Labute approximate surface area is 165 Å². The average molecular weight is 422 g/mol. The minimum Gasteiger partial charge on any atom is -0.451 e. The molecule has 0 saturated heterocycles. The number of esters is 1. The second-order valence-electron chi connectivity index (χ2n) is 6.48. The predicted octanol–water partition coefficient (Wildman–Crippen LogP) is 2.48. The summed E-state index contributed by atoms with van der Waals surface area (Å²) in [6.07, 6.45) is -0.843. The van der Waals surface area contributed by atoms with Crippen LogP contribution in [0.4, 0.5) is 0 Å². The highest BCUT2D eigenvalue weighted by Gasteiger charge is 2.21. The van der Waals surface area contributed by atoms with Gasteiger partial charge in [0.25, 0.3) is 5.56 Å². The molecule has 0 aliphatic rings. The number of carbonyl (C=O) groups excluding carboxylic acids is 1. The number of nitrogens with zero attached hydrogens (tertiary/aromatic N) is 1. The third kappa shape index (κ3) is 3.71. The van der Waals surface area contributed by atoms with Gasteiger partial charge in [-0.1, -0.05) is 6.07 Å². The van der Waals surface area contributed by atoms with Crippen LogP contribution in [-0.2, 0) is 14.8 Å². The maximum absolute atomic E-state index is 12.6. The van der Waals surface area contributed by atoms with Crippen LogP contribution in [0.5, 0.6) is 0 Å². The van der Waals surface area contributed by atoms with Crippen molar-refractivity contribution in [2.24, 2.45) is 5.14 Å². The number of H-pyrrole nitrogens is 1. The molecule has 3 N–H and O–H groups in total. The summed E-state index contributed by atoms with van der Waals surface area (Å²) in [5.41, 5.74) is 1.19. The summed E-state index contributed by atoms with van der Waals surface area (Å²) in [4.78, 5) is 33.4. The van der Waals surface area contributed by atoms with Crippen LogP contribution in [0.3, 0.4) is 0 Å². The lowest BCUT2D eigenvalue weighted by molar-refractivity contribution is 0.0319. The van der Waals surface area contributed by atoms with Crippen LogP contribution in [0, 0.1) is 20.8 Å². The number of aryl methyl sites for hydroxylation is 3. The first-order chi connectivity index (χ1) is 13.0. The number of rotatable bonds is 4. The summed E-state index contributed by atoms with van der Waals surface area (Å²) < 4.78 is 28.5. The number of primary sulfonamides is 1. The molecule has 3 aromatic rings. The number of carbonyl (C=O) groups is 1. The van der Waals surface area contributed by atoms with Gasteiger partial charge in [0, 0.05) is 4.88 Å². The van der Waals surface area contributed by atoms with Crippen molar-refractivity contribution in [3.05, 3.63) is 55.9 Å². The number of nitrogens with one attached hydrogen (secondary N) is 1. The van der Waals surface area contributed by atoms with Gasteiger partial charge in [0.2, 0.25) is 10.0 Å².